The van der Waals surface area contributed by atoms with Crippen molar-refractivity contribution in [2.45, 2.75) is 25.7 Å². The summed E-state index contributed by atoms with van der Waals surface area (Å²) >= 11 is 1.16. The number of ether oxygens (including phenoxy) is 1. The molecule has 1 saturated heterocycles. The van der Waals surface area contributed by atoms with Crippen molar-refractivity contribution in [1.82, 2.24) is 4.90 Å². The Hall–Kier alpha value is -1.93. The van der Waals surface area contributed by atoms with Crippen LogP contribution in [-0.2, 0) is 14.3 Å². The molecule has 2 rings (SSSR count). The zero-order valence-corrected chi connectivity index (χ0v) is 14.4. The van der Waals surface area contributed by atoms with Crippen molar-refractivity contribution >= 4 is 34.9 Å². The van der Waals surface area contributed by atoms with Crippen molar-refractivity contribution in [1.29, 1.82) is 0 Å². The van der Waals surface area contributed by atoms with Crippen molar-refractivity contribution in [2.75, 3.05) is 32.1 Å². The lowest BCUT2D eigenvalue weighted by atomic mass is 10.0. The molecule has 0 saturated carbocycles. The SMILES string of the molecule is COC(=O)c1sccc1NC(=O)C[C@@H](CN1CCCCC1)C(=O)O. The molecule has 132 valence electrons. The van der Waals surface area contributed by atoms with Crippen LogP contribution in [0.1, 0.15) is 35.4 Å². The first kappa shape index (κ1) is 18.4. The highest BCUT2D eigenvalue weighted by molar-refractivity contribution is 7.12. The summed E-state index contributed by atoms with van der Waals surface area (Å²) in [5.41, 5.74) is 0.360. The molecule has 1 aromatic rings. The van der Waals surface area contributed by atoms with E-state index in [1.807, 2.05) is 0 Å². The minimum Gasteiger partial charge on any atom is -0.481 e. The summed E-state index contributed by atoms with van der Waals surface area (Å²) in [6.07, 6.45) is 3.18. The molecule has 1 amide bonds. The number of methoxy groups -OCH3 is 1. The van der Waals surface area contributed by atoms with Crippen LogP contribution in [0.15, 0.2) is 11.4 Å². The minimum absolute atomic E-state index is 0.123. The van der Waals surface area contributed by atoms with Gasteiger partial charge in [0.25, 0.3) is 0 Å². The standard InChI is InChI=1S/C16H22N2O5S/c1-23-16(22)14-12(5-8-24-14)17-13(19)9-11(15(20)21)10-18-6-3-2-4-7-18/h5,8,11H,2-4,6-7,9-10H2,1H3,(H,17,19)(H,20,21)/t11-/m0/s1. The van der Waals surface area contributed by atoms with Crippen molar-refractivity contribution in [3.05, 3.63) is 16.3 Å². The maximum absolute atomic E-state index is 12.2. The summed E-state index contributed by atoms with van der Waals surface area (Å²) in [5, 5.41) is 13.7. The van der Waals surface area contributed by atoms with Gasteiger partial charge in [0, 0.05) is 13.0 Å². The Morgan fingerprint density at radius 1 is 1.33 bits per heavy atom. The molecule has 2 heterocycles. The Balaban J connectivity index is 1.94. The molecule has 0 radical (unpaired) electrons. The van der Waals surface area contributed by atoms with Gasteiger partial charge in [0.05, 0.1) is 18.7 Å². The van der Waals surface area contributed by atoms with Gasteiger partial charge in [-0.05, 0) is 37.4 Å². The first-order valence-corrected chi connectivity index (χ1v) is 8.80. The number of carboxylic acids is 1. The molecule has 0 unspecified atom stereocenters. The van der Waals surface area contributed by atoms with Crippen LogP contribution in [0.4, 0.5) is 5.69 Å². The number of likely N-dealkylation sites (tertiary alicyclic amines) is 1. The Morgan fingerprint density at radius 2 is 2.04 bits per heavy atom. The second-order valence-corrected chi connectivity index (χ2v) is 6.72. The van der Waals surface area contributed by atoms with Gasteiger partial charge in [0.15, 0.2) is 0 Å². The van der Waals surface area contributed by atoms with Gasteiger partial charge in [-0.25, -0.2) is 4.79 Å². The molecule has 2 N–H and O–H groups in total. The lowest BCUT2D eigenvalue weighted by molar-refractivity contribution is -0.144. The molecule has 8 heteroatoms. The van der Waals surface area contributed by atoms with E-state index < -0.39 is 23.8 Å². The number of anilines is 1. The van der Waals surface area contributed by atoms with E-state index >= 15 is 0 Å². The number of rotatable bonds is 7. The highest BCUT2D eigenvalue weighted by Gasteiger charge is 2.26. The lowest BCUT2D eigenvalue weighted by Gasteiger charge is -2.28. The van der Waals surface area contributed by atoms with Crippen LogP contribution in [0.2, 0.25) is 0 Å². The van der Waals surface area contributed by atoms with E-state index in [1.165, 1.54) is 13.5 Å². The second kappa shape index (κ2) is 8.79. The van der Waals surface area contributed by atoms with Crippen molar-refractivity contribution < 1.29 is 24.2 Å². The zero-order chi connectivity index (χ0) is 17.5. The quantitative estimate of drug-likeness (QED) is 0.728. The molecule has 24 heavy (non-hydrogen) atoms. The fourth-order valence-electron chi connectivity index (χ4n) is 2.77. The minimum atomic E-state index is -0.978. The first-order valence-electron chi connectivity index (χ1n) is 7.92. The molecule has 1 fully saturated rings. The van der Waals surface area contributed by atoms with E-state index in [4.69, 9.17) is 0 Å². The van der Waals surface area contributed by atoms with Gasteiger partial charge in [0.1, 0.15) is 4.88 Å². The number of aliphatic carboxylic acids is 1. The number of nitrogens with zero attached hydrogens (tertiary/aromatic N) is 1. The monoisotopic (exact) mass is 354 g/mol. The summed E-state index contributed by atoms with van der Waals surface area (Å²) in [5.74, 6) is -2.68. The summed E-state index contributed by atoms with van der Waals surface area (Å²) in [4.78, 5) is 37.6. The number of esters is 1. The lowest BCUT2D eigenvalue weighted by Crippen LogP contribution is -2.38. The van der Waals surface area contributed by atoms with Gasteiger partial charge in [0.2, 0.25) is 5.91 Å². The van der Waals surface area contributed by atoms with Crippen molar-refractivity contribution in [3.63, 3.8) is 0 Å². The fourth-order valence-corrected chi connectivity index (χ4v) is 3.53. The van der Waals surface area contributed by atoms with E-state index in [9.17, 15) is 19.5 Å². The molecule has 7 nitrogen and oxygen atoms in total. The Kier molecular flexibility index (Phi) is 6.74. The normalized spacial score (nSPS) is 16.4. The molecule has 0 bridgehead atoms. The summed E-state index contributed by atoms with van der Waals surface area (Å²) in [6, 6.07) is 1.61. The van der Waals surface area contributed by atoms with Crippen molar-refractivity contribution in [3.8, 4) is 0 Å². The maximum Gasteiger partial charge on any atom is 0.350 e. The second-order valence-electron chi connectivity index (χ2n) is 5.80. The van der Waals surface area contributed by atoms with Gasteiger partial charge in [-0.3, -0.25) is 9.59 Å². The van der Waals surface area contributed by atoms with E-state index in [0.717, 1.165) is 37.3 Å². The number of carbonyl (C=O) groups excluding carboxylic acids is 2. The predicted octanol–water partition coefficient (Wildman–Crippen LogP) is 2.05. The number of nitrogens with one attached hydrogen (secondary N) is 1. The summed E-state index contributed by atoms with van der Waals surface area (Å²) < 4.78 is 4.66. The summed E-state index contributed by atoms with van der Waals surface area (Å²) in [7, 11) is 1.27. The topological polar surface area (TPSA) is 95.9 Å². The highest BCUT2D eigenvalue weighted by Crippen LogP contribution is 2.24. The number of piperidine rings is 1. The molecule has 1 aliphatic heterocycles. The maximum atomic E-state index is 12.2. The van der Waals surface area contributed by atoms with Gasteiger partial charge in [-0.15, -0.1) is 11.3 Å². The summed E-state index contributed by atoms with van der Waals surface area (Å²) in [6.45, 7) is 2.13. The Bertz CT molecular complexity index is 595. The van der Waals surface area contributed by atoms with Crippen LogP contribution in [0.3, 0.4) is 0 Å². The van der Waals surface area contributed by atoms with Crippen LogP contribution in [0.25, 0.3) is 0 Å². The van der Waals surface area contributed by atoms with Crippen LogP contribution in [0, 0.1) is 5.92 Å². The van der Waals surface area contributed by atoms with Gasteiger partial charge >= 0.3 is 11.9 Å². The third kappa shape index (κ3) is 5.04. The van der Waals surface area contributed by atoms with Gasteiger partial charge < -0.3 is 20.1 Å². The zero-order valence-electron chi connectivity index (χ0n) is 13.6. The molecular formula is C16H22N2O5S. The molecular weight excluding hydrogens is 332 g/mol. The van der Waals surface area contributed by atoms with Crippen LogP contribution in [-0.4, -0.2) is 54.6 Å². The van der Waals surface area contributed by atoms with Crippen molar-refractivity contribution in [2.24, 2.45) is 5.92 Å². The number of thiophene rings is 1. The number of carbonyl (C=O) groups is 3. The number of amides is 1. The predicted molar refractivity (Wildman–Crippen MR) is 90.3 cm³/mol. The van der Waals surface area contributed by atoms with E-state index in [1.54, 1.807) is 11.4 Å². The molecule has 0 spiro atoms. The molecule has 0 aliphatic carbocycles. The smallest absolute Gasteiger partial charge is 0.350 e. The van der Waals surface area contributed by atoms with Crippen LogP contribution in [0.5, 0.6) is 0 Å². The van der Waals surface area contributed by atoms with Gasteiger partial charge in [-0.2, -0.15) is 0 Å². The third-order valence-corrected chi connectivity index (χ3v) is 4.91. The molecule has 1 aliphatic rings. The average Bonchev–Trinajstić information content (AvgIpc) is 3.02. The Labute approximate surface area is 144 Å². The van der Waals surface area contributed by atoms with E-state index in [0.29, 0.717) is 17.1 Å². The molecule has 1 aromatic heterocycles. The van der Waals surface area contributed by atoms with E-state index in [-0.39, 0.29) is 6.42 Å². The Morgan fingerprint density at radius 3 is 2.67 bits per heavy atom. The van der Waals surface area contributed by atoms with Crippen LogP contribution < -0.4 is 5.32 Å². The van der Waals surface area contributed by atoms with Crippen LogP contribution >= 0.6 is 11.3 Å². The largest absolute Gasteiger partial charge is 0.481 e. The first-order chi connectivity index (χ1) is 11.5. The molecule has 1 atom stereocenters. The van der Waals surface area contributed by atoms with Gasteiger partial charge in [-0.1, -0.05) is 6.42 Å². The van der Waals surface area contributed by atoms with E-state index in [2.05, 4.69) is 15.0 Å². The third-order valence-electron chi connectivity index (χ3n) is 4.02. The average molecular weight is 354 g/mol. The number of carboxylic acid groups (broad SMARTS) is 1. The number of hydrogen-bond donors (Lipinski definition) is 2. The number of hydrogen-bond acceptors (Lipinski definition) is 6. The molecule has 0 aromatic carbocycles. The fraction of sp³-hybridized carbons (Fsp3) is 0.562. The highest BCUT2D eigenvalue weighted by atomic mass is 32.1.